The van der Waals surface area contributed by atoms with Crippen molar-refractivity contribution in [2.75, 3.05) is 6.54 Å². The summed E-state index contributed by atoms with van der Waals surface area (Å²) in [5.41, 5.74) is 2.46. The average Bonchev–Trinajstić information content (AvgIpc) is 3.13. The van der Waals surface area contributed by atoms with Crippen molar-refractivity contribution in [3.05, 3.63) is 101 Å². The Hall–Kier alpha value is -2.61. The van der Waals surface area contributed by atoms with Crippen LogP contribution in [0.4, 0.5) is 0 Å². The second kappa shape index (κ2) is 8.26. The summed E-state index contributed by atoms with van der Waals surface area (Å²) in [4.78, 5) is 5.33. The second-order valence-electron chi connectivity index (χ2n) is 7.29. The van der Waals surface area contributed by atoms with Crippen LogP contribution in [-0.4, -0.2) is 28.5 Å². The van der Waals surface area contributed by atoms with Gasteiger partial charge in [0.2, 0.25) is 9.84 Å². The summed E-state index contributed by atoms with van der Waals surface area (Å²) in [5, 5.41) is 0. The molecule has 0 amide bonds. The molecule has 0 saturated carbocycles. The Kier molecular flexibility index (Phi) is 5.69. The Morgan fingerprint density at radius 1 is 0.967 bits per heavy atom. The van der Waals surface area contributed by atoms with Gasteiger partial charge in [-0.25, -0.2) is 16.9 Å². The molecule has 3 aromatic rings. The van der Waals surface area contributed by atoms with Crippen LogP contribution in [0, 0.1) is 6.92 Å². The summed E-state index contributed by atoms with van der Waals surface area (Å²) in [6.07, 6.45) is 3.28. The third-order valence-electron chi connectivity index (χ3n) is 5.13. The van der Waals surface area contributed by atoms with Crippen molar-refractivity contribution >= 4 is 20.8 Å². The first kappa shape index (κ1) is 20.7. The van der Waals surface area contributed by atoms with E-state index in [1.807, 2.05) is 37.3 Å². The minimum Gasteiger partial charge on any atom is -0.264 e. The lowest BCUT2D eigenvalue weighted by Crippen LogP contribution is -2.29. The van der Waals surface area contributed by atoms with Crippen molar-refractivity contribution in [3.63, 3.8) is 0 Å². The third kappa shape index (κ3) is 3.76. The largest absolute Gasteiger partial charge is 0.264 e. The molecule has 0 bridgehead atoms. The normalized spacial score (nSPS) is 18.5. The molecule has 0 aliphatic carbocycles. The Bertz CT molecular complexity index is 1210. The summed E-state index contributed by atoms with van der Waals surface area (Å²) in [7, 11) is -5.30. The van der Waals surface area contributed by atoms with Crippen LogP contribution in [0.15, 0.2) is 99.4 Å². The van der Waals surface area contributed by atoms with Crippen LogP contribution in [0.5, 0.6) is 0 Å². The van der Waals surface area contributed by atoms with Crippen LogP contribution in [0.2, 0.25) is 0 Å². The van der Waals surface area contributed by atoms with Crippen molar-refractivity contribution in [1.29, 1.82) is 0 Å². The number of aryl methyl sites for hydroxylation is 1. The van der Waals surface area contributed by atoms with E-state index in [4.69, 9.17) is 0 Å². The van der Waals surface area contributed by atoms with Gasteiger partial charge in [0.1, 0.15) is 11.0 Å². The minimum atomic E-state index is -3.76. The Morgan fingerprint density at radius 3 is 2.30 bits per heavy atom. The van der Waals surface area contributed by atoms with Gasteiger partial charge < -0.3 is 0 Å². The highest BCUT2D eigenvalue weighted by Gasteiger charge is 2.42. The van der Waals surface area contributed by atoms with E-state index in [1.54, 1.807) is 60.0 Å². The number of hydrogen-bond donors (Lipinski definition) is 0. The van der Waals surface area contributed by atoms with Crippen LogP contribution in [0.1, 0.15) is 24.1 Å². The summed E-state index contributed by atoms with van der Waals surface area (Å²) >= 11 is 0. The van der Waals surface area contributed by atoms with Gasteiger partial charge >= 0.3 is 0 Å². The molecule has 4 rings (SSSR count). The fourth-order valence-corrected chi connectivity index (χ4v) is 6.96. The van der Waals surface area contributed by atoms with Crippen molar-refractivity contribution < 1.29 is 12.6 Å². The maximum atomic E-state index is 13.6. The van der Waals surface area contributed by atoms with E-state index in [2.05, 4.69) is 4.98 Å². The molecule has 0 N–H and O–H groups in total. The van der Waals surface area contributed by atoms with E-state index in [1.165, 1.54) is 0 Å². The van der Waals surface area contributed by atoms with E-state index in [0.717, 1.165) is 5.56 Å². The highest BCUT2D eigenvalue weighted by molar-refractivity contribution is 7.95. The van der Waals surface area contributed by atoms with Gasteiger partial charge in [0.25, 0.3) is 0 Å². The monoisotopic (exact) mass is 438 g/mol. The maximum absolute atomic E-state index is 13.6. The van der Waals surface area contributed by atoms with Crippen molar-refractivity contribution in [1.82, 2.24) is 9.29 Å². The molecule has 0 unspecified atom stereocenters. The van der Waals surface area contributed by atoms with Crippen molar-refractivity contribution in [2.45, 2.75) is 29.7 Å². The first-order valence-electron chi connectivity index (χ1n) is 9.54. The molecule has 0 saturated heterocycles. The molecule has 154 valence electrons. The first-order valence-corrected chi connectivity index (χ1v) is 12.1. The van der Waals surface area contributed by atoms with E-state index >= 15 is 0 Å². The van der Waals surface area contributed by atoms with Gasteiger partial charge in [-0.2, -0.15) is 0 Å². The van der Waals surface area contributed by atoms with E-state index in [-0.39, 0.29) is 9.80 Å². The minimum absolute atomic E-state index is 0.233. The topological polar surface area (TPSA) is 67.3 Å². The quantitative estimate of drug-likeness (QED) is 0.598. The first-order chi connectivity index (χ1) is 14.4. The standard InChI is InChI=1S/C23H22N2O3S2/c1-17-10-12-20(13-11-17)29(26)25-16-18(2)23(22(25)19-7-6-14-24-15-19)30(27,28)21-8-4-3-5-9-21/h3-15,22H,16H2,1-2H3/t22-,29+/m1/s1. The smallest absolute Gasteiger partial charge is 0.204 e. The lowest BCUT2D eigenvalue weighted by molar-refractivity contribution is 0.445. The number of nitrogens with zero attached hydrogens (tertiary/aromatic N) is 2. The van der Waals surface area contributed by atoms with Crippen LogP contribution < -0.4 is 0 Å². The van der Waals surface area contributed by atoms with E-state index < -0.39 is 26.9 Å². The van der Waals surface area contributed by atoms with Gasteiger partial charge in [-0.3, -0.25) is 4.98 Å². The van der Waals surface area contributed by atoms with Crippen LogP contribution in [-0.2, 0) is 20.8 Å². The fourth-order valence-electron chi connectivity index (χ4n) is 3.67. The second-order valence-corrected chi connectivity index (χ2v) is 10.6. The molecular weight excluding hydrogens is 416 g/mol. The lowest BCUT2D eigenvalue weighted by Gasteiger charge is -2.26. The summed E-state index contributed by atoms with van der Waals surface area (Å²) in [6.45, 7) is 4.06. The predicted octanol–water partition coefficient (Wildman–Crippen LogP) is 4.22. The van der Waals surface area contributed by atoms with Gasteiger partial charge in [-0.1, -0.05) is 42.0 Å². The van der Waals surface area contributed by atoms with Gasteiger partial charge in [0.15, 0.2) is 0 Å². The van der Waals surface area contributed by atoms with Crippen LogP contribution >= 0.6 is 0 Å². The number of benzene rings is 2. The third-order valence-corrected chi connectivity index (χ3v) is 8.61. The number of rotatable bonds is 5. The predicted molar refractivity (Wildman–Crippen MR) is 118 cm³/mol. The zero-order chi connectivity index (χ0) is 21.3. The zero-order valence-electron chi connectivity index (χ0n) is 16.7. The highest BCUT2D eigenvalue weighted by atomic mass is 32.2. The molecular formula is C23H22N2O3S2. The average molecular weight is 439 g/mol. The Balaban J connectivity index is 1.83. The van der Waals surface area contributed by atoms with Crippen LogP contribution in [0.25, 0.3) is 0 Å². The highest BCUT2D eigenvalue weighted by Crippen LogP contribution is 2.43. The number of aromatic nitrogens is 1. The number of hydrogen-bond acceptors (Lipinski definition) is 4. The molecule has 0 fully saturated rings. The Morgan fingerprint density at radius 2 is 1.67 bits per heavy atom. The van der Waals surface area contributed by atoms with Crippen LogP contribution in [0.3, 0.4) is 0 Å². The Labute approximate surface area is 179 Å². The van der Waals surface area contributed by atoms with E-state index in [9.17, 15) is 12.6 Å². The summed E-state index contributed by atoms with van der Waals surface area (Å²) in [5.74, 6) is 0. The fraction of sp³-hybridized carbons (Fsp3) is 0.174. The number of sulfone groups is 1. The molecule has 5 nitrogen and oxygen atoms in total. The SMILES string of the molecule is CC1=C(S(=O)(=O)c2ccccc2)[C@@H](c2cccnc2)N([S@@](=O)c2ccc(C)cc2)C1. The molecule has 2 atom stereocenters. The van der Waals surface area contributed by atoms with E-state index in [0.29, 0.717) is 22.6 Å². The van der Waals surface area contributed by atoms with Gasteiger partial charge in [0, 0.05) is 18.9 Å². The molecule has 2 aromatic carbocycles. The molecule has 0 spiro atoms. The maximum Gasteiger partial charge on any atom is 0.204 e. The molecule has 1 aliphatic rings. The van der Waals surface area contributed by atoms with Gasteiger partial charge in [0.05, 0.1) is 20.7 Å². The lowest BCUT2D eigenvalue weighted by atomic mass is 10.1. The molecule has 30 heavy (non-hydrogen) atoms. The molecule has 1 aliphatic heterocycles. The molecule has 7 heteroatoms. The molecule has 1 aromatic heterocycles. The molecule has 2 heterocycles. The van der Waals surface area contributed by atoms with Crippen molar-refractivity contribution in [2.24, 2.45) is 0 Å². The van der Waals surface area contributed by atoms with Gasteiger partial charge in [-0.05, 0) is 55.3 Å². The zero-order valence-corrected chi connectivity index (χ0v) is 18.4. The van der Waals surface area contributed by atoms with Gasteiger partial charge in [-0.15, -0.1) is 0 Å². The summed E-state index contributed by atoms with van der Waals surface area (Å²) < 4.78 is 42.4. The number of pyridine rings is 1. The van der Waals surface area contributed by atoms with Crippen molar-refractivity contribution in [3.8, 4) is 0 Å². The summed E-state index contributed by atoms with van der Waals surface area (Å²) in [6, 6.07) is 18.8. The molecule has 0 radical (unpaired) electrons.